The van der Waals surface area contributed by atoms with E-state index in [1.54, 1.807) is 28.3 Å². The minimum atomic E-state index is -1.02. The van der Waals surface area contributed by atoms with Crippen LogP contribution in [0.3, 0.4) is 0 Å². The molecule has 0 spiro atoms. The van der Waals surface area contributed by atoms with Crippen molar-refractivity contribution in [3.63, 3.8) is 0 Å². The quantitative estimate of drug-likeness (QED) is 0.349. The van der Waals surface area contributed by atoms with Gasteiger partial charge in [-0.3, -0.25) is 13.9 Å². The van der Waals surface area contributed by atoms with E-state index in [0.29, 0.717) is 49.4 Å². The van der Waals surface area contributed by atoms with Crippen molar-refractivity contribution >= 4 is 34.5 Å². The molecule has 8 nitrogen and oxygen atoms in total. The van der Waals surface area contributed by atoms with Gasteiger partial charge in [0, 0.05) is 43.7 Å². The van der Waals surface area contributed by atoms with Gasteiger partial charge in [-0.15, -0.1) is 0 Å². The van der Waals surface area contributed by atoms with E-state index in [2.05, 4.69) is 0 Å². The van der Waals surface area contributed by atoms with Gasteiger partial charge in [-0.2, -0.15) is 0 Å². The Labute approximate surface area is 202 Å². The highest BCUT2D eigenvalue weighted by Crippen LogP contribution is 2.26. The Morgan fingerprint density at radius 3 is 2.68 bits per heavy atom. The Balaban J connectivity index is 1.34. The number of carbonyl (C=O) groups is 2. The van der Waals surface area contributed by atoms with Crippen LogP contribution in [0, 0.1) is 0 Å². The third-order valence-corrected chi connectivity index (χ3v) is 6.86. The molecule has 1 amide bonds. The van der Waals surface area contributed by atoms with Crippen molar-refractivity contribution < 1.29 is 19.8 Å². The summed E-state index contributed by atoms with van der Waals surface area (Å²) < 4.78 is 3.39. The van der Waals surface area contributed by atoms with Crippen molar-refractivity contribution in [2.45, 2.75) is 45.1 Å². The van der Waals surface area contributed by atoms with E-state index in [0.717, 1.165) is 35.0 Å². The second kappa shape index (κ2) is 9.93. The van der Waals surface area contributed by atoms with Crippen LogP contribution in [0.4, 0.5) is 4.79 Å². The number of phenolic OH excluding ortho intramolecular Hbond substituents is 1. The average molecular weight is 486 g/mol. The average Bonchev–Trinajstić information content (AvgIpc) is 3.05. The minimum Gasteiger partial charge on any atom is -0.508 e. The molecule has 0 unspecified atom stereocenters. The Morgan fingerprint density at radius 1 is 1.15 bits per heavy atom. The number of phenols is 1. The number of rotatable bonds is 9. The highest BCUT2D eigenvalue weighted by Gasteiger charge is 2.21. The van der Waals surface area contributed by atoms with E-state index >= 15 is 0 Å². The Hall–Kier alpha value is -3.26. The summed E-state index contributed by atoms with van der Waals surface area (Å²) in [6.45, 7) is 1.30. The normalized spacial score (nSPS) is 12.8. The van der Waals surface area contributed by atoms with Gasteiger partial charge in [0.05, 0.1) is 11.0 Å². The van der Waals surface area contributed by atoms with Gasteiger partial charge in [0.15, 0.2) is 5.78 Å². The zero-order valence-corrected chi connectivity index (χ0v) is 19.8. The number of nitrogens with zero attached hydrogens (tertiary/aromatic N) is 3. The largest absolute Gasteiger partial charge is 0.508 e. The number of carbonyl (C=O) groups excluding carboxylic acids is 1. The Morgan fingerprint density at radius 2 is 1.94 bits per heavy atom. The summed E-state index contributed by atoms with van der Waals surface area (Å²) in [4.78, 5) is 38.3. The van der Waals surface area contributed by atoms with Crippen molar-refractivity contribution in [3.8, 4) is 5.75 Å². The summed E-state index contributed by atoms with van der Waals surface area (Å²) in [5.41, 5.74) is 4.08. The number of hydrogen-bond acceptors (Lipinski definition) is 4. The summed E-state index contributed by atoms with van der Waals surface area (Å²) in [6, 6.07) is 8.35. The zero-order valence-electron chi connectivity index (χ0n) is 19.1. The summed E-state index contributed by atoms with van der Waals surface area (Å²) in [5, 5.41) is 19.4. The standard InChI is InChI=1S/C25H28ClN3O5/c1-27-21-14-18(13-17-5-4-11-29(23(17)21)24(27)32)22(31)6-2-3-10-28(25(33)34)12-9-16-7-8-19(30)15-20(16)26/h7-8,13-15,30H,2-6,9-12H2,1H3,(H,33,34). The summed E-state index contributed by atoms with van der Waals surface area (Å²) in [5.74, 6) is 0.0680. The molecule has 9 heteroatoms. The molecule has 0 radical (unpaired) electrons. The molecule has 0 fully saturated rings. The molecule has 2 N–H and O–H groups in total. The number of aryl methyl sites for hydroxylation is 3. The number of aromatic nitrogens is 2. The maximum absolute atomic E-state index is 12.9. The van der Waals surface area contributed by atoms with Gasteiger partial charge in [-0.25, -0.2) is 9.59 Å². The highest BCUT2D eigenvalue weighted by atomic mass is 35.5. The topological polar surface area (TPSA) is 105 Å². The van der Waals surface area contributed by atoms with E-state index in [-0.39, 0.29) is 23.8 Å². The minimum absolute atomic E-state index is 0.00155. The van der Waals surface area contributed by atoms with Crippen LogP contribution < -0.4 is 5.69 Å². The molecular formula is C25H28ClN3O5. The fraction of sp³-hybridized carbons (Fsp3) is 0.400. The first kappa shape index (κ1) is 23.9. The molecule has 1 aromatic heterocycles. The number of carboxylic acid groups (broad SMARTS) is 1. The molecule has 0 aliphatic carbocycles. The number of ketones is 1. The summed E-state index contributed by atoms with van der Waals surface area (Å²) in [7, 11) is 1.73. The van der Waals surface area contributed by atoms with E-state index in [1.165, 1.54) is 17.0 Å². The molecular weight excluding hydrogens is 458 g/mol. The van der Waals surface area contributed by atoms with Crippen LogP contribution in [0.1, 0.15) is 47.2 Å². The molecule has 0 bridgehead atoms. The van der Waals surface area contributed by atoms with Crippen LogP contribution in [0.2, 0.25) is 5.02 Å². The molecule has 4 rings (SSSR count). The molecule has 180 valence electrons. The monoisotopic (exact) mass is 485 g/mol. The second-order valence-corrected chi connectivity index (χ2v) is 9.18. The predicted octanol–water partition coefficient (Wildman–Crippen LogP) is 4.22. The SMILES string of the molecule is Cn1c(=O)n2c3c(cc(C(=O)CCCCN(CCc4ccc(O)cc4Cl)C(=O)O)cc31)CCC2. The molecule has 1 aliphatic rings. The van der Waals surface area contributed by atoms with E-state index < -0.39 is 6.09 Å². The van der Waals surface area contributed by atoms with Crippen molar-refractivity contribution in [2.75, 3.05) is 13.1 Å². The molecule has 0 atom stereocenters. The number of amides is 1. The highest BCUT2D eigenvalue weighted by molar-refractivity contribution is 6.31. The van der Waals surface area contributed by atoms with Crippen LogP contribution in [0.15, 0.2) is 35.1 Å². The molecule has 0 saturated heterocycles. The van der Waals surface area contributed by atoms with Crippen LogP contribution in [-0.2, 0) is 26.4 Å². The van der Waals surface area contributed by atoms with Gasteiger partial charge < -0.3 is 15.1 Å². The smallest absolute Gasteiger partial charge is 0.407 e. The first-order valence-corrected chi connectivity index (χ1v) is 11.8. The molecule has 2 heterocycles. The lowest BCUT2D eigenvalue weighted by molar-refractivity contribution is 0.0978. The first-order chi connectivity index (χ1) is 16.3. The second-order valence-electron chi connectivity index (χ2n) is 8.78. The maximum Gasteiger partial charge on any atom is 0.407 e. The molecule has 0 saturated carbocycles. The Kier molecular flexibility index (Phi) is 6.97. The zero-order chi connectivity index (χ0) is 24.4. The molecule has 1 aliphatic heterocycles. The van der Waals surface area contributed by atoms with Gasteiger partial charge in [0.25, 0.3) is 0 Å². The number of aromatic hydroxyl groups is 1. The third-order valence-electron chi connectivity index (χ3n) is 6.51. The van der Waals surface area contributed by atoms with E-state index in [1.807, 2.05) is 6.07 Å². The van der Waals surface area contributed by atoms with Crippen LogP contribution in [-0.4, -0.2) is 49.2 Å². The maximum atomic E-state index is 12.9. The number of unbranched alkanes of at least 4 members (excludes halogenated alkanes) is 1. The number of halogens is 1. The lowest BCUT2D eigenvalue weighted by atomic mass is 9.97. The fourth-order valence-electron chi connectivity index (χ4n) is 4.64. The van der Waals surface area contributed by atoms with Crippen molar-refractivity contribution in [3.05, 3.63) is 62.5 Å². The van der Waals surface area contributed by atoms with Crippen molar-refractivity contribution in [1.82, 2.24) is 14.0 Å². The number of imidazole rings is 1. The molecule has 34 heavy (non-hydrogen) atoms. The Bertz CT molecular complexity index is 1310. The first-order valence-electron chi connectivity index (χ1n) is 11.5. The lowest BCUT2D eigenvalue weighted by Gasteiger charge is -2.19. The third kappa shape index (κ3) is 4.82. The van der Waals surface area contributed by atoms with Crippen molar-refractivity contribution in [2.24, 2.45) is 7.05 Å². The van der Waals surface area contributed by atoms with Crippen molar-refractivity contribution in [1.29, 1.82) is 0 Å². The fourth-order valence-corrected chi connectivity index (χ4v) is 4.91. The summed E-state index contributed by atoms with van der Waals surface area (Å²) >= 11 is 6.11. The number of Topliss-reactive ketones (excluding diaryl/α,β-unsaturated/α-hetero) is 1. The van der Waals surface area contributed by atoms with Gasteiger partial charge in [0.2, 0.25) is 0 Å². The lowest BCUT2D eigenvalue weighted by Crippen LogP contribution is -2.32. The van der Waals surface area contributed by atoms with Crippen LogP contribution in [0.5, 0.6) is 5.75 Å². The van der Waals surface area contributed by atoms with E-state index in [9.17, 15) is 24.6 Å². The molecule has 2 aromatic carbocycles. The van der Waals surface area contributed by atoms with Crippen LogP contribution >= 0.6 is 11.6 Å². The van der Waals surface area contributed by atoms with Gasteiger partial charge in [0.1, 0.15) is 5.75 Å². The van der Waals surface area contributed by atoms with Gasteiger partial charge >= 0.3 is 11.8 Å². The van der Waals surface area contributed by atoms with Crippen LogP contribution in [0.25, 0.3) is 11.0 Å². The molecule has 3 aromatic rings. The van der Waals surface area contributed by atoms with E-state index in [4.69, 9.17) is 11.6 Å². The number of hydrogen-bond donors (Lipinski definition) is 2. The number of benzene rings is 2. The van der Waals surface area contributed by atoms with Gasteiger partial charge in [-0.1, -0.05) is 17.7 Å². The summed E-state index contributed by atoms with van der Waals surface area (Å²) in [6.07, 6.45) is 2.59. The van der Waals surface area contributed by atoms with Gasteiger partial charge in [-0.05, 0) is 67.5 Å². The predicted molar refractivity (Wildman–Crippen MR) is 130 cm³/mol.